The van der Waals surface area contributed by atoms with Crippen LogP contribution >= 0.6 is 11.6 Å². The molecule has 8 nitrogen and oxygen atoms in total. The highest BCUT2D eigenvalue weighted by Gasteiger charge is 2.31. The Balaban J connectivity index is 1.57. The number of hydrogen-bond donors (Lipinski definition) is 1. The maximum absolute atomic E-state index is 12.3. The number of halogens is 1. The van der Waals surface area contributed by atoms with Crippen LogP contribution in [-0.2, 0) is 4.79 Å². The molecule has 0 radical (unpaired) electrons. The van der Waals surface area contributed by atoms with Crippen molar-refractivity contribution in [3.05, 3.63) is 88.3 Å². The third kappa shape index (κ3) is 5.32. The molecule has 1 aliphatic heterocycles. The number of fused-ring (bicyclic) bond motifs is 1. The first-order chi connectivity index (χ1) is 17.4. The van der Waals surface area contributed by atoms with E-state index in [0.29, 0.717) is 40.2 Å². The number of nitriles is 1. The molecule has 36 heavy (non-hydrogen) atoms. The number of esters is 1. The summed E-state index contributed by atoms with van der Waals surface area (Å²) >= 11 is 5.85. The van der Waals surface area contributed by atoms with Crippen molar-refractivity contribution in [2.75, 3.05) is 20.3 Å². The minimum absolute atomic E-state index is 0.0302. The molecule has 0 saturated heterocycles. The Morgan fingerprint density at radius 1 is 1.06 bits per heavy atom. The van der Waals surface area contributed by atoms with E-state index in [-0.39, 0.29) is 23.8 Å². The van der Waals surface area contributed by atoms with Gasteiger partial charge >= 0.3 is 5.97 Å². The van der Waals surface area contributed by atoms with Gasteiger partial charge in [0.1, 0.15) is 28.9 Å². The molecule has 3 aromatic carbocycles. The molecule has 1 aliphatic rings. The van der Waals surface area contributed by atoms with Gasteiger partial charge in [-0.15, -0.1) is 0 Å². The third-order valence-electron chi connectivity index (χ3n) is 5.41. The van der Waals surface area contributed by atoms with E-state index < -0.39 is 11.9 Å². The zero-order chi connectivity index (χ0) is 25.7. The van der Waals surface area contributed by atoms with E-state index in [1.165, 1.54) is 0 Å². The molecule has 0 bridgehead atoms. The molecule has 0 aromatic heterocycles. The SMILES string of the molecule is CCOc1ccc(C2C(C#N)=C(N)Oc3cc(OC(=O)COc4ccc(Cl)cc4)ccc32)cc1OC. The number of carbonyl (C=O) groups is 1. The smallest absolute Gasteiger partial charge is 0.349 e. The minimum atomic E-state index is -0.602. The monoisotopic (exact) mass is 506 g/mol. The molecule has 4 rings (SSSR count). The van der Waals surface area contributed by atoms with Crippen LogP contribution in [0.1, 0.15) is 24.0 Å². The first-order valence-corrected chi connectivity index (χ1v) is 11.4. The molecule has 0 amide bonds. The third-order valence-corrected chi connectivity index (χ3v) is 5.67. The topological polar surface area (TPSA) is 113 Å². The van der Waals surface area contributed by atoms with Gasteiger partial charge in [0.2, 0.25) is 5.88 Å². The predicted octanol–water partition coefficient (Wildman–Crippen LogP) is 4.95. The van der Waals surface area contributed by atoms with Gasteiger partial charge in [0.15, 0.2) is 18.1 Å². The Hall–Kier alpha value is -4.35. The molecule has 0 spiro atoms. The molecule has 9 heteroatoms. The lowest BCUT2D eigenvalue weighted by molar-refractivity contribution is -0.136. The Kier molecular flexibility index (Phi) is 7.52. The molecule has 0 fully saturated rings. The van der Waals surface area contributed by atoms with E-state index in [2.05, 4.69) is 6.07 Å². The van der Waals surface area contributed by atoms with Crippen LogP contribution in [-0.4, -0.2) is 26.3 Å². The zero-order valence-corrected chi connectivity index (χ0v) is 20.4. The van der Waals surface area contributed by atoms with Crippen molar-refractivity contribution < 1.29 is 28.5 Å². The van der Waals surface area contributed by atoms with Crippen LogP contribution in [0.15, 0.2) is 72.1 Å². The number of nitrogens with two attached hydrogens (primary N) is 1. The number of rotatable bonds is 8. The number of hydrogen-bond acceptors (Lipinski definition) is 8. The lowest BCUT2D eigenvalue weighted by Crippen LogP contribution is -2.21. The summed E-state index contributed by atoms with van der Waals surface area (Å²) in [7, 11) is 1.55. The zero-order valence-electron chi connectivity index (χ0n) is 19.6. The summed E-state index contributed by atoms with van der Waals surface area (Å²) in [4.78, 5) is 12.3. The lowest BCUT2D eigenvalue weighted by atomic mass is 9.83. The number of nitrogens with zero attached hydrogens (tertiary/aromatic N) is 1. The Morgan fingerprint density at radius 3 is 2.50 bits per heavy atom. The Morgan fingerprint density at radius 2 is 1.81 bits per heavy atom. The number of methoxy groups -OCH3 is 1. The normalized spacial score (nSPS) is 14.2. The van der Waals surface area contributed by atoms with Crippen molar-refractivity contribution in [3.8, 4) is 34.8 Å². The number of carbonyl (C=O) groups excluding carboxylic acids is 1. The Bertz CT molecular complexity index is 1350. The van der Waals surface area contributed by atoms with Gasteiger partial charge < -0.3 is 29.4 Å². The lowest BCUT2D eigenvalue weighted by Gasteiger charge is -2.27. The van der Waals surface area contributed by atoms with E-state index in [9.17, 15) is 10.1 Å². The van der Waals surface area contributed by atoms with E-state index in [0.717, 1.165) is 5.56 Å². The molecular formula is C27H23ClN2O6. The largest absolute Gasteiger partial charge is 0.493 e. The highest BCUT2D eigenvalue weighted by molar-refractivity contribution is 6.30. The van der Waals surface area contributed by atoms with Gasteiger partial charge in [-0.2, -0.15) is 5.26 Å². The molecule has 184 valence electrons. The molecule has 0 saturated carbocycles. The molecule has 1 atom stereocenters. The second-order valence-corrected chi connectivity index (χ2v) is 8.12. The minimum Gasteiger partial charge on any atom is -0.493 e. The van der Waals surface area contributed by atoms with Gasteiger partial charge in [-0.05, 0) is 55.0 Å². The quantitative estimate of drug-likeness (QED) is 0.337. The van der Waals surface area contributed by atoms with Crippen molar-refractivity contribution in [2.45, 2.75) is 12.8 Å². The van der Waals surface area contributed by atoms with Gasteiger partial charge in [-0.3, -0.25) is 0 Å². The fourth-order valence-corrected chi connectivity index (χ4v) is 3.94. The van der Waals surface area contributed by atoms with Gasteiger partial charge in [-0.1, -0.05) is 23.7 Å². The van der Waals surface area contributed by atoms with Crippen LogP contribution < -0.4 is 29.4 Å². The predicted molar refractivity (Wildman–Crippen MR) is 132 cm³/mol. The highest BCUT2D eigenvalue weighted by atomic mass is 35.5. The summed E-state index contributed by atoms with van der Waals surface area (Å²) in [5, 5.41) is 10.4. The molecule has 3 aromatic rings. The average molecular weight is 507 g/mol. The molecule has 1 heterocycles. The van der Waals surface area contributed by atoms with E-state index in [1.807, 2.05) is 13.0 Å². The van der Waals surface area contributed by atoms with Crippen molar-refractivity contribution in [3.63, 3.8) is 0 Å². The maximum Gasteiger partial charge on any atom is 0.349 e. The van der Waals surface area contributed by atoms with Gasteiger partial charge in [-0.25, -0.2) is 4.79 Å². The Labute approximate surface area is 213 Å². The summed E-state index contributed by atoms with van der Waals surface area (Å²) in [6, 6.07) is 19.1. The fourth-order valence-electron chi connectivity index (χ4n) is 3.81. The summed E-state index contributed by atoms with van der Waals surface area (Å²) in [5.74, 6) is 1.08. The van der Waals surface area contributed by atoms with Crippen LogP contribution in [0.5, 0.6) is 28.7 Å². The van der Waals surface area contributed by atoms with E-state index in [1.54, 1.807) is 61.7 Å². The van der Waals surface area contributed by atoms with Crippen molar-refractivity contribution in [2.24, 2.45) is 5.73 Å². The number of benzene rings is 3. The second-order valence-electron chi connectivity index (χ2n) is 7.68. The number of allylic oxidation sites excluding steroid dienone is 1. The molecule has 2 N–H and O–H groups in total. The van der Waals surface area contributed by atoms with Gasteiger partial charge in [0, 0.05) is 16.7 Å². The van der Waals surface area contributed by atoms with E-state index >= 15 is 0 Å². The summed E-state index contributed by atoms with van der Waals surface area (Å²) in [6.07, 6.45) is 0. The van der Waals surface area contributed by atoms with Crippen molar-refractivity contribution in [1.82, 2.24) is 0 Å². The number of ether oxygens (including phenoxy) is 5. The first kappa shape index (κ1) is 24.8. The average Bonchev–Trinajstić information content (AvgIpc) is 2.88. The fraction of sp³-hybridized carbons (Fsp3) is 0.185. The molecular weight excluding hydrogens is 484 g/mol. The van der Waals surface area contributed by atoms with Crippen LogP contribution in [0.25, 0.3) is 0 Å². The summed E-state index contributed by atoms with van der Waals surface area (Å²) in [5.41, 5.74) is 7.80. The standard InChI is InChI=1S/C27H23ClN2O6/c1-3-33-22-11-4-16(12-24(22)32-2)26-20-10-9-19(13-23(20)36-27(30)21(26)14-29)35-25(31)15-34-18-7-5-17(28)6-8-18/h4-13,26H,3,15,30H2,1-2H3. The van der Waals surface area contributed by atoms with Crippen LogP contribution in [0.3, 0.4) is 0 Å². The van der Waals surface area contributed by atoms with Gasteiger partial charge in [0.25, 0.3) is 0 Å². The van der Waals surface area contributed by atoms with Crippen LogP contribution in [0, 0.1) is 11.3 Å². The van der Waals surface area contributed by atoms with E-state index in [4.69, 9.17) is 41.0 Å². The second kappa shape index (κ2) is 10.9. The van der Waals surface area contributed by atoms with Crippen molar-refractivity contribution in [1.29, 1.82) is 5.26 Å². The van der Waals surface area contributed by atoms with Crippen LogP contribution in [0.2, 0.25) is 5.02 Å². The van der Waals surface area contributed by atoms with Crippen molar-refractivity contribution >= 4 is 17.6 Å². The van der Waals surface area contributed by atoms with Gasteiger partial charge in [0.05, 0.1) is 19.6 Å². The van der Waals surface area contributed by atoms with Crippen LogP contribution in [0.4, 0.5) is 0 Å². The molecule has 0 aliphatic carbocycles. The summed E-state index contributed by atoms with van der Waals surface area (Å²) in [6.45, 7) is 2.07. The molecule has 1 unspecified atom stereocenters. The first-order valence-electron chi connectivity index (χ1n) is 11.0. The highest BCUT2D eigenvalue weighted by Crippen LogP contribution is 2.45. The maximum atomic E-state index is 12.3. The summed E-state index contributed by atoms with van der Waals surface area (Å²) < 4.78 is 27.6.